The van der Waals surface area contributed by atoms with Crippen LogP contribution in [0.5, 0.6) is 0 Å². The summed E-state index contributed by atoms with van der Waals surface area (Å²) in [7, 11) is 0. The molecule has 0 spiro atoms. The first kappa shape index (κ1) is 16.9. The summed E-state index contributed by atoms with van der Waals surface area (Å²) in [4.78, 5) is 25.7. The van der Waals surface area contributed by atoms with E-state index in [0.717, 1.165) is 31.7 Å². The number of hydrogen-bond donors (Lipinski definition) is 1. The fraction of sp³-hybridized carbons (Fsp3) is 0.556. The third kappa shape index (κ3) is 3.14. The standard InChI is InChI=1S/C18H21F2NO3/c19-13-6-3-5-11(17(13)20)8-9-16(22)21-14-7-2-1-4-12(14)10-15(21)18(23)24/h3,5-6,12,14-15H,1-2,4,7-10H2,(H,23,24). The van der Waals surface area contributed by atoms with E-state index in [9.17, 15) is 23.5 Å². The summed E-state index contributed by atoms with van der Waals surface area (Å²) >= 11 is 0. The van der Waals surface area contributed by atoms with E-state index in [1.807, 2.05) is 0 Å². The van der Waals surface area contributed by atoms with Gasteiger partial charge in [0.2, 0.25) is 5.91 Å². The van der Waals surface area contributed by atoms with Crippen molar-refractivity contribution in [3.8, 4) is 0 Å². The van der Waals surface area contributed by atoms with Crippen molar-refractivity contribution in [3.05, 3.63) is 35.4 Å². The normalized spacial score (nSPS) is 26.2. The van der Waals surface area contributed by atoms with Gasteiger partial charge in [0.15, 0.2) is 11.6 Å². The van der Waals surface area contributed by atoms with Crippen LogP contribution in [0.4, 0.5) is 8.78 Å². The summed E-state index contributed by atoms with van der Waals surface area (Å²) in [5.74, 6) is -2.88. The van der Waals surface area contributed by atoms with Crippen LogP contribution < -0.4 is 0 Å². The number of nitrogens with zero attached hydrogens (tertiary/aromatic N) is 1. The lowest BCUT2D eigenvalue weighted by Crippen LogP contribution is -2.46. The van der Waals surface area contributed by atoms with Gasteiger partial charge in [-0.25, -0.2) is 13.6 Å². The van der Waals surface area contributed by atoms with Gasteiger partial charge in [-0.15, -0.1) is 0 Å². The quantitative estimate of drug-likeness (QED) is 0.918. The van der Waals surface area contributed by atoms with Crippen LogP contribution in [-0.2, 0) is 16.0 Å². The van der Waals surface area contributed by atoms with Gasteiger partial charge in [0.1, 0.15) is 6.04 Å². The Labute approximate surface area is 139 Å². The molecule has 130 valence electrons. The van der Waals surface area contributed by atoms with Crippen LogP contribution in [0.1, 0.15) is 44.1 Å². The summed E-state index contributed by atoms with van der Waals surface area (Å²) in [6.45, 7) is 0. The molecule has 1 aliphatic heterocycles. The van der Waals surface area contributed by atoms with Crippen LogP contribution in [-0.4, -0.2) is 34.0 Å². The van der Waals surface area contributed by atoms with Gasteiger partial charge in [-0.1, -0.05) is 25.0 Å². The predicted octanol–water partition coefficient (Wildman–Crippen LogP) is 3.14. The second-order valence-corrected chi connectivity index (χ2v) is 6.72. The first-order chi connectivity index (χ1) is 11.5. The van der Waals surface area contributed by atoms with Gasteiger partial charge in [-0.3, -0.25) is 4.79 Å². The maximum atomic E-state index is 13.7. The number of aliphatic carboxylic acids is 1. The number of carbonyl (C=O) groups excluding carboxylic acids is 1. The van der Waals surface area contributed by atoms with E-state index in [2.05, 4.69) is 0 Å². The largest absolute Gasteiger partial charge is 0.480 e. The number of rotatable bonds is 4. The number of benzene rings is 1. The van der Waals surface area contributed by atoms with Crippen LogP contribution in [0, 0.1) is 17.6 Å². The fourth-order valence-electron chi connectivity index (χ4n) is 4.15. The van der Waals surface area contributed by atoms with Crippen molar-refractivity contribution in [2.75, 3.05) is 0 Å². The van der Waals surface area contributed by atoms with Crippen molar-refractivity contribution in [1.29, 1.82) is 0 Å². The van der Waals surface area contributed by atoms with Gasteiger partial charge in [0.25, 0.3) is 0 Å². The molecule has 1 aromatic carbocycles. The SMILES string of the molecule is O=C(O)C1CC2CCCCC2N1C(=O)CCc1cccc(F)c1F. The van der Waals surface area contributed by atoms with Gasteiger partial charge in [-0.05, 0) is 43.2 Å². The number of carbonyl (C=O) groups is 2. The third-order valence-corrected chi connectivity index (χ3v) is 5.30. The first-order valence-electron chi connectivity index (χ1n) is 8.46. The molecule has 1 aromatic rings. The van der Waals surface area contributed by atoms with Crippen molar-refractivity contribution in [1.82, 2.24) is 4.90 Å². The Morgan fingerprint density at radius 2 is 1.96 bits per heavy atom. The molecule has 3 rings (SSSR count). The lowest BCUT2D eigenvalue weighted by molar-refractivity contribution is -0.149. The molecule has 3 unspecified atom stereocenters. The number of aryl methyl sites for hydroxylation is 1. The van der Waals surface area contributed by atoms with Crippen LogP contribution in [0.3, 0.4) is 0 Å². The molecule has 4 nitrogen and oxygen atoms in total. The maximum Gasteiger partial charge on any atom is 0.326 e. The molecule has 1 amide bonds. The Morgan fingerprint density at radius 1 is 1.21 bits per heavy atom. The van der Waals surface area contributed by atoms with Gasteiger partial charge in [0.05, 0.1) is 0 Å². The smallest absolute Gasteiger partial charge is 0.326 e. The maximum absolute atomic E-state index is 13.7. The Balaban J connectivity index is 1.72. The number of carboxylic acids is 1. The highest BCUT2D eigenvalue weighted by atomic mass is 19.2. The number of likely N-dealkylation sites (tertiary alicyclic amines) is 1. The monoisotopic (exact) mass is 337 g/mol. The van der Waals surface area contributed by atoms with E-state index in [1.54, 1.807) is 0 Å². The summed E-state index contributed by atoms with van der Waals surface area (Å²) < 4.78 is 27.0. The van der Waals surface area contributed by atoms with E-state index < -0.39 is 23.6 Å². The molecule has 0 radical (unpaired) electrons. The second-order valence-electron chi connectivity index (χ2n) is 6.72. The summed E-state index contributed by atoms with van der Waals surface area (Å²) in [6.07, 6.45) is 4.42. The van der Waals surface area contributed by atoms with Gasteiger partial charge >= 0.3 is 5.97 Å². The third-order valence-electron chi connectivity index (χ3n) is 5.30. The molecule has 6 heteroatoms. The van der Waals surface area contributed by atoms with Crippen molar-refractivity contribution in [2.45, 2.75) is 57.0 Å². The van der Waals surface area contributed by atoms with Crippen LogP contribution in [0.15, 0.2) is 18.2 Å². The topological polar surface area (TPSA) is 57.6 Å². The van der Waals surface area contributed by atoms with Crippen LogP contribution in [0.25, 0.3) is 0 Å². The summed E-state index contributed by atoms with van der Waals surface area (Å²) in [5, 5.41) is 9.44. The van der Waals surface area contributed by atoms with Gasteiger partial charge in [0, 0.05) is 12.5 Å². The lowest BCUT2D eigenvalue weighted by Gasteiger charge is -2.33. The number of fused-ring (bicyclic) bond motifs is 1. The van der Waals surface area contributed by atoms with Crippen LogP contribution >= 0.6 is 0 Å². The molecule has 2 fully saturated rings. The van der Waals surface area contributed by atoms with E-state index in [-0.39, 0.29) is 36.3 Å². The zero-order valence-electron chi connectivity index (χ0n) is 13.4. The molecule has 1 saturated carbocycles. The minimum Gasteiger partial charge on any atom is -0.480 e. The van der Waals surface area contributed by atoms with Gasteiger partial charge in [-0.2, -0.15) is 0 Å². The number of amides is 1. The minimum atomic E-state index is -0.977. The zero-order valence-corrected chi connectivity index (χ0v) is 13.4. The molecule has 2 aliphatic rings. The minimum absolute atomic E-state index is 0.00657. The average Bonchev–Trinajstić information content (AvgIpc) is 2.96. The second kappa shape index (κ2) is 6.87. The van der Waals surface area contributed by atoms with E-state index in [4.69, 9.17) is 0 Å². The number of carboxylic acid groups (broad SMARTS) is 1. The lowest BCUT2D eigenvalue weighted by atomic mass is 9.84. The molecule has 0 bridgehead atoms. The molecular formula is C18H21F2NO3. The van der Waals surface area contributed by atoms with Crippen molar-refractivity contribution < 1.29 is 23.5 Å². The van der Waals surface area contributed by atoms with E-state index in [1.165, 1.54) is 17.0 Å². The Bertz CT molecular complexity index is 649. The zero-order chi connectivity index (χ0) is 17.3. The average molecular weight is 337 g/mol. The molecule has 1 N–H and O–H groups in total. The van der Waals surface area contributed by atoms with E-state index in [0.29, 0.717) is 6.42 Å². The highest BCUT2D eigenvalue weighted by Crippen LogP contribution is 2.40. The predicted molar refractivity (Wildman–Crippen MR) is 83.3 cm³/mol. The van der Waals surface area contributed by atoms with Crippen molar-refractivity contribution in [3.63, 3.8) is 0 Å². The summed E-state index contributed by atoms with van der Waals surface area (Å²) in [5.41, 5.74) is 0.148. The molecule has 3 atom stereocenters. The molecule has 1 heterocycles. The molecular weight excluding hydrogens is 316 g/mol. The van der Waals surface area contributed by atoms with Crippen LogP contribution in [0.2, 0.25) is 0 Å². The Hall–Kier alpha value is -1.98. The molecule has 1 aliphatic carbocycles. The number of halogens is 2. The fourth-order valence-corrected chi connectivity index (χ4v) is 4.15. The van der Waals surface area contributed by atoms with Crippen molar-refractivity contribution in [2.24, 2.45) is 5.92 Å². The summed E-state index contributed by atoms with van der Waals surface area (Å²) in [6, 6.07) is 3.08. The van der Waals surface area contributed by atoms with E-state index >= 15 is 0 Å². The molecule has 1 saturated heterocycles. The Morgan fingerprint density at radius 3 is 2.71 bits per heavy atom. The molecule has 0 aromatic heterocycles. The highest BCUT2D eigenvalue weighted by molar-refractivity contribution is 5.85. The highest BCUT2D eigenvalue weighted by Gasteiger charge is 2.47. The molecule has 24 heavy (non-hydrogen) atoms. The number of hydrogen-bond acceptors (Lipinski definition) is 2. The van der Waals surface area contributed by atoms with Crippen molar-refractivity contribution >= 4 is 11.9 Å². The first-order valence-corrected chi connectivity index (χ1v) is 8.46. The van der Waals surface area contributed by atoms with Gasteiger partial charge < -0.3 is 10.0 Å². The Kier molecular flexibility index (Phi) is 4.83.